The fourth-order valence-electron chi connectivity index (χ4n) is 4.85. The highest BCUT2D eigenvalue weighted by Crippen LogP contribution is 2.50. The number of carbonyl (C=O) groups is 2. The van der Waals surface area contributed by atoms with Gasteiger partial charge in [-0.1, -0.05) is 0 Å². The molecule has 1 amide bonds. The summed E-state index contributed by atoms with van der Waals surface area (Å²) in [5, 5.41) is 2.58. The van der Waals surface area contributed by atoms with Gasteiger partial charge in [-0.3, -0.25) is 38.1 Å². The minimum Gasteiger partial charge on any atom is -0.348 e. The van der Waals surface area contributed by atoms with Crippen LogP contribution in [0.25, 0.3) is 0 Å². The molecule has 0 unspecified atom stereocenters. The number of amides is 1. The summed E-state index contributed by atoms with van der Waals surface area (Å²) in [6, 6.07) is 0. The first-order valence-electron chi connectivity index (χ1n) is 16.2. The number of nitrogens with one attached hydrogen (secondary N) is 1. The normalized spacial score (nSPS) is 17.8. The van der Waals surface area contributed by atoms with Crippen LogP contribution in [0.4, 0.5) is 0 Å². The SMILES string of the molecule is CCOP(=O)(CN1CCN(CC(=O)NCC=O)CCN(CP(=O)(OCC)OCC)CCN(CP(=O)(OCC)OCC)CC1)OCC. The van der Waals surface area contributed by atoms with Crippen molar-refractivity contribution in [3.05, 3.63) is 0 Å². The third-order valence-corrected chi connectivity index (χ3v) is 12.9. The molecule has 16 nitrogen and oxygen atoms in total. The van der Waals surface area contributed by atoms with Crippen molar-refractivity contribution in [2.45, 2.75) is 41.5 Å². The Morgan fingerprint density at radius 1 is 0.543 bits per heavy atom. The maximum absolute atomic E-state index is 13.6. The molecule has 19 heteroatoms. The highest BCUT2D eigenvalue weighted by Gasteiger charge is 2.32. The Kier molecular flexibility index (Phi) is 22.4. The zero-order valence-corrected chi connectivity index (χ0v) is 31.3. The van der Waals surface area contributed by atoms with Crippen LogP contribution in [-0.2, 0) is 50.4 Å². The lowest BCUT2D eigenvalue weighted by molar-refractivity contribution is -0.123. The number of nitrogens with zero attached hydrogens (tertiary/aromatic N) is 4. The van der Waals surface area contributed by atoms with Crippen LogP contribution in [-0.4, -0.2) is 156 Å². The third-order valence-electron chi connectivity index (χ3n) is 6.75. The second-order valence-corrected chi connectivity index (χ2v) is 16.4. The highest BCUT2D eigenvalue weighted by atomic mass is 31.2. The molecular formula is C27H58N5O11P3. The fourth-order valence-corrected chi connectivity index (χ4v) is 10.2. The molecule has 1 rings (SSSR count). The summed E-state index contributed by atoms with van der Waals surface area (Å²) in [4.78, 5) is 31.3. The zero-order chi connectivity index (χ0) is 34.5. The van der Waals surface area contributed by atoms with Gasteiger partial charge in [-0.05, 0) is 41.5 Å². The molecule has 0 spiro atoms. The van der Waals surface area contributed by atoms with Gasteiger partial charge in [0.2, 0.25) is 5.91 Å². The molecule has 272 valence electrons. The predicted octanol–water partition coefficient (Wildman–Crippen LogP) is 3.19. The van der Waals surface area contributed by atoms with Crippen molar-refractivity contribution in [3.63, 3.8) is 0 Å². The van der Waals surface area contributed by atoms with Crippen LogP contribution in [0.15, 0.2) is 0 Å². The lowest BCUT2D eigenvalue weighted by atomic mass is 10.3. The summed E-state index contributed by atoms with van der Waals surface area (Å²) in [6.07, 6.45) is 0.709. The summed E-state index contributed by atoms with van der Waals surface area (Å²) < 4.78 is 74.2. The van der Waals surface area contributed by atoms with E-state index in [0.29, 0.717) is 58.6 Å². The van der Waals surface area contributed by atoms with E-state index in [1.807, 2.05) is 19.6 Å². The van der Waals surface area contributed by atoms with Crippen LogP contribution in [0.1, 0.15) is 41.5 Å². The second-order valence-electron chi connectivity index (χ2n) is 10.4. The lowest BCUT2D eigenvalue weighted by Gasteiger charge is -2.36. The van der Waals surface area contributed by atoms with Gasteiger partial charge >= 0.3 is 22.8 Å². The van der Waals surface area contributed by atoms with E-state index in [-0.39, 0.29) is 77.5 Å². The third kappa shape index (κ3) is 17.7. The Morgan fingerprint density at radius 2 is 0.804 bits per heavy atom. The number of aldehydes is 1. The Labute approximate surface area is 275 Å². The van der Waals surface area contributed by atoms with Crippen LogP contribution in [0, 0.1) is 0 Å². The van der Waals surface area contributed by atoms with Crippen LogP contribution < -0.4 is 5.32 Å². The van der Waals surface area contributed by atoms with Gasteiger partial charge in [0.15, 0.2) is 0 Å². The molecule has 0 saturated carbocycles. The van der Waals surface area contributed by atoms with Crippen molar-refractivity contribution in [1.82, 2.24) is 24.9 Å². The minimum absolute atomic E-state index is 0.0245. The quantitative estimate of drug-likeness (QED) is 0.128. The molecule has 46 heavy (non-hydrogen) atoms. The fraction of sp³-hybridized carbons (Fsp3) is 0.926. The van der Waals surface area contributed by atoms with Gasteiger partial charge in [0, 0.05) is 52.4 Å². The van der Waals surface area contributed by atoms with Crippen LogP contribution in [0.2, 0.25) is 0 Å². The molecule has 1 fully saturated rings. The van der Waals surface area contributed by atoms with Gasteiger partial charge < -0.3 is 37.3 Å². The van der Waals surface area contributed by atoms with Crippen LogP contribution >= 0.6 is 22.8 Å². The molecule has 0 aromatic carbocycles. The summed E-state index contributed by atoms with van der Waals surface area (Å²) in [5.74, 6) is -0.310. The first-order valence-corrected chi connectivity index (χ1v) is 21.4. The lowest BCUT2D eigenvalue weighted by Crippen LogP contribution is -2.48. The first-order chi connectivity index (χ1) is 21.9. The summed E-state index contributed by atoms with van der Waals surface area (Å²) in [5.41, 5.74) is 0. The molecule has 1 aliphatic rings. The average molecular weight is 722 g/mol. The summed E-state index contributed by atoms with van der Waals surface area (Å²) in [7, 11) is -10.4. The molecular weight excluding hydrogens is 663 g/mol. The zero-order valence-electron chi connectivity index (χ0n) is 28.6. The van der Waals surface area contributed by atoms with E-state index in [2.05, 4.69) is 5.32 Å². The van der Waals surface area contributed by atoms with Crippen molar-refractivity contribution >= 4 is 35.0 Å². The molecule has 1 aliphatic heterocycles. The Bertz CT molecular complexity index is 934. The van der Waals surface area contributed by atoms with Gasteiger partial charge in [-0.15, -0.1) is 0 Å². The van der Waals surface area contributed by atoms with E-state index in [1.165, 1.54) is 0 Å². The van der Waals surface area contributed by atoms with Gasteiger partial charge in [0.1, 0.15) is 25.1 Å². The van der Waals surface area contributed by atoms with Crippen molar-refractivity contribution in [1.29, 1.82) is 0 Å². The Balaban J connectivity index is 3.43. The van der Waals surface area contributed by atoms with E-state index in [0.717, 1.165) is 0 Å². The second kappa shape index (κ2) is 23.7. The smallest absolute Gasteiger partial charge is 0.344 e. The predicted molar refractivity (Wildman–Crippen MR) is 177 cm³/mol. The molecule has 0 aromatic rings. The van der Waals surface area contributed by atoms with Gasteiger partial charge in [-0.2, -0.15) is 0 Å². The molecule has 0 aliphatic carbocycles. The first kappa shape index (κ1) is 43.5. The molecule has 1 N–H and O–H groups in total. The monoisotopic (exact) mass is 721 g/mol. The molecule has 0 radical (unpaired) electrons. The van der Waals surface area contributed by atoms with E-state index >= 15 is 0 Å². The standard InChI is InChI=1S/C27H58N5O11P3/c1-7-38-44(35,39-8-2)24-30-16-14-29(23-27(34)28-13-22-33)15-17-31(25-45(36,40-9-3)41-10-4)19-21-32(20-18-30)26-46(37,42-11-5)43-12-6/h22H,7-21,23-26H2,1-6H3,(H,28,34). The van der Waals surface area contributed by atoms with Gasteiger partial charge in [0.25, 0.3) is 0 Å². The molecule has 0 aromatic heterocycles. The number of rotatable bonds is 22. The Hall–Kier alpha value is -0.570. The van der Waals surface area contributed by atoms with Crippen molar-refractivity contribution in [2.75, 3.05) is 124 Å². The molecule has 1 heterocycles. The van der Waals surface area contributed by atoms with Crippen molar-refractivity contribution < 1.29 is 50.4 Å². The number of carbonyl (C=O) groups excluding carboxylic acids is 2. The maximum atomic E-state index is 13.6. The van der Waals surface area contributed by atoms with E-state index in [9.17, 15) is 23.3 Å². The van der Waals surface area contributed by atoms with E-state index in [1.54, 1.807) is 41.5 Å². The number of hydrogen-bond donors (Lipinski definition) is 1. The van der Waals surface area contributed by atoms with E-state index in [4.69, 9.17) is 27.1 Å². The summed E-state index contributed by atoms with van der Waals surface area (Å²) in [6.45, 7) is 15.0. The van der Waals surface area contributed by atoms with E-state index < -0.39 is 22.8 Å². The Morgan fingerprint density at radius 3 is 1.04 bits per heavy atom. The maximum Gasteiger partial charge on any atom is 0.344 e. The van der Waals surface area contributed by atoms with Gasteiger partial charge in [-0.25, -0.2) is 0 Å². The average Bonchev–Trinajstić information content (AvgIpc) is 2.98. The van der Waals surface area contributed by atoms with Gasteiger partial charge in [0.05, 0.1) is 52.7 Å². The molecule has 1 saturated heterocycles. The van der Waals surface area contributed by atoms with Crippen LogP contribution in [0.5, 0.6) is 0 Å². The van der Waals surface area contributed by atoms with Crippen molar-refractivity contribution in [3.8, 4) is 0 Å². The molecule has 0 bridgehead atoms. The molecule has 0 atom stereocenters. The number of hydrogen-bond acceptors (Lipinski definition) is 15. The summed E-state index contributed by atoms with van der Waals surface area (Å²) >= 11 is 0. The topological polar surface area (TPSA) is 166 Å². The minimum atomic E-state index is -3.46. The van der Waals surface area contributed by atoms with Crippen LogP contribution in [0.3, 0.4) is 0 Å². The largest absolute Gasteiger partial charge is 0.348 e. The van der Waals surface area contributed by atoms with Crippen molar-refractivity contribution in [2.24, 2.45) is 0 Å². The highest BCUT2D eigenvalue weighted by molar-refractivity contribution is 7.54.